The van der Waals surface area contributed by atoms with Crippen LogP contribution in [0.1, 0.15) is 207 Å². The van der Waals surface area contributed by atoms with Crippen molar-refractivity contribution in [2.24, 2.45) is 0 Å². The van der Waals surface area contributed by atoms with E-state index in [1.807, 2.05) is 39.4 Å². The number of carbonyl (C=O) groups excluding carboxylic acids is 2. The number of hydrogen-bond donors (Lipinski definition) is 1. The number of allylic oxidation sites excluding steroid dienone is 25. The number of ether oxygens (including phenoxy) is 1. The number of rotatable bonds is 52. The number of amides is 1. The van der Waals surface area contributed by atoms with Gasteiger partial charge in [-0.15, -0.1) is 0 Å². The molecule has 0 rings (SSSR count). The molecule has 1 amide bonds. The van der Waals surface area contributed by atoms with E-state index in [-0.39, 0.29) is 25.4 Å². The first-order valence-corrected chi connectivity index (χ1v) is 31.8. The fourth-order valence-electron chi connectivity index (χ4n) is 7.60. The summed E-state index contributed by atoms with van der Waals surface area (Å²) in [6, 6.07) is -0.959. The SMILES string of the molecule is CC/C=C\C/C=C\C/C=C\C/C=C\C/C=C\C/C=C\CCCCC(=O)OC(/C=C/CCCCCCCCCCCC)C(COP(=O)([O-])OCC[N+](C)(C)C)NC(=O)CC/C=C\C/C=C\C/C=C\C/C=C\C/C=C\C/C=C\CC. The number of carbonyl (C=O) groups is 2. The van der Waals surface area contributed by atoms with Gasteiger partial charge in [0.15, 0.2) is 0 Å². The van der Waals surface area contributed by atoms with Gasteiger partial charge < -0.3 is 28.5 Å². The third-order valence-electron chi connectivity index (χ3n) is 12.2. The number of unbranched alkanes of at least 4 members (excludes halogenated alkanes) is 12. The van der Waals surface area contributed by atoms with Crippen molar-refractivity contribution in [1.82, 2.24) is 5.32 Å². The van der Waals surface area contributed by atoms with Crippen molar-refractivity contribution >= 4 is 19.7 Å². The maximum absolute atomic E-state index is 13.5. The lowest BCUT2D eigenvalue weighted by atomic mass is 10.1. The van der Waals surface area contributed by atoms with E-state index >= 15 is 0 Å². The van der Waals surface area contributed by atoms with Gasteiger partial charge in [-0.2, -0.15) is 0 Å². The molecule has 3 atom stereocenters. The van der Waals surface area contributed by atoms with E-state index in [0.717, 1.165) is 109 Å². The van der Waals surface area contributed by atoms with E-state index in [9.17, 15) is 19.0 Å². The highest BCUT2D eigenvalue weighted by Gasteiger charge is 2.27. The lowest BCUT2D eigenvalue weighted by Gasteiger charge is -2.30. The molecule has 78 heavy (non-hydrogen) atoms. The van der Waals surface area contributed by atoms with Crippen LogP contribution in [0.15, 0.2) is 158 Å². The van der Waals surface area contributed by atoms with E-state index in [1.165, 1.54) is 51.4 Å². The Bertz CT molecular complexity index is 1890. The predicted octanol–water partition coefficient (Wildman–Crippen LogP) is 18.2. The zero-order valence-electron chi connectivity index (χ0n) is 50.0. The molecule has 0 aliphatic carbocycles. The highest BCUT2D eigenvalue weighted by molar-refractivity contribution is 7.45. The molecule has 440 valence electrons. The predicted molar refractivity (Wildman–Crippen MR) is 334 cm³/mol. The fraction of sp³-hybridized carbons (Fsp3) is 0.588. The van der Waals surface area contributed by atoms with E-state index in [4.69, 9.17) is 13.8 Å². The van der Waals surface area contributed by atoms with Crippen LogP contribution in [-0.4, -0.2) is 69.4 Å². The lowest BCUT2D eigenvalue weighted by Crippen LogP contribution is -2.47. The second kappa shape index (κ2) is 55.9. The highest BCUT2D eigenvalue weighted by Crippen LogP contribution is 2.38. The molecule has 1 N–H and O–H groups in total. The normalized spacial score (nSPS) is 14.8. The molecule has 0 aliphatic heterocycles. The molecule has 0 saturated carbocycles. The minimum Gasteiger partial charge on any atom is -0.756 e. The molecule has 0 radical (unpaired) electrons. The van der Waals surface area contributed by atoms with Crippen molar-refractivity contribution in [3.63, 3.8) is 0 Å². The van der Waals surface area contributed by atoms with Crippen LogP contribution in [0, 0.1) is 0 Å². The quantitative estimate of drug-likeness (QED) is 0.0212. The fourth-order valence-corrected chi connectivity index (χ4v) is 8.33. The molecule has 0 fully saturated rings. The largest absolute Gasteiger partial charge is 0.756 e. The van der Waals surface area contributed by atoms with Gasteiger partial charge in [-0.25, -0.2) is 0 Å². The topological polar surface area (TPSA) is 114 Å². The molecule has 9 nitrogen and oxygen atoms in total. The standard InChI is InChI=1S/C68H111N2O7P/c1-7-10-13-16-19-22-25-28-30-32-34-35-37-39-41-43-46-49-52-55-58-61-68(72)77-66(59-56-53-50-47-44-27-24-21-18-15-12-9-3)65(64-76-78(73,74)75-63-62-70(4,5)6)69-67(71)60-57-54-51-48-45-42-40-38-36-33-31-29-26-23-20-17-14-11-8-2/h10-11,13-14,19-20,22-23,28-31,34-36,38-39,41-42,45-46,49,51,54,56,59,65-66H,7-9,12,15-18,21,24-27,32-33,37,40,43-44,47-48,50,52-53,55,57-58,60-64H2,1-6H3,(H-,69,71,73,74)/b13-10-,14-11-,22-19-,23-20-,30-28-,31-29-,35-34-,38-36-,41-39-,45-42-,49-46-,54-51-,59-56+. The third-order valence-corrected chi connectivity index (χ3v) is 13.2. The van der Waals surface area contributed by atoms with E-state index in [0.29, 0.717) is 23.9 Å². The van der Waals surface area contributed by atoms with E-state index in [2.05, 4.69) is 160 Å². The Morgan fingerprint density at radius 3 is 1.26 bits per heavy atom. The Labute approximate surface area is 478 Å². The summed E-state index contributed by atoms with van der Waals surface area (Å²) in [6.07, 6.45) is 82.3. The van der Waals surface area contributed by atoms with Crippen LogP contribution in [0.5, 0.6) is 0 Å². The molecular formula is C68H111N2O7P. The lowest BCUT2D eigenvalue weighted by molar-refractivity contribution is -0.870. The average molecular weight is 1100 g/mol. The van der Waals surface area contributed by atoms with Crippen molar-refractivity contribution in [1.29, 1.82) is 0 Å². The zero-order valence-corrected chi connectivity index (χ0v) is 50.9. The summed E-state index contributed by atoms with van der Waals surface area (Å²) in [5, 5.41) is 2.96. The van der Waals surface area contributed by atoms with Crippen LogP contribution >= 0.6 is 7.82 Å². The van der Waals surface area contributed by atoms with Crippen molar-refractivity contribution in [3.8, 4) is 0 Å². The second-order valence-electron chi connectivity index (χ2n) is 20.7. The van der Waals surface area contributed by atoms with Crippen molar-refractivity contribution < 1.29 is 37.3 Å². The van der Waals surface area contributed by atoms with Crippen LogP contribution < -0.4 is 10.2 Å². The summed E-state index contributed by atoms with van der Waals surface area (Å²) in [5.41, 5.74) is 0. The molecule has 0 bridgehead atoms. The first-order valence-electron chi connectivity index (χ1n) is 30.3. The second-order valence-corrected chi connectivity index (χ2v) is 22.1. The number of phosphoric ester groups is 1. The maximum atomic E-state index is 13.5. The number of quaternary nitrogens is 1. The van der Waals surface area contributed by atoms with Crippen LogP contribution in [0.3, 0.4) is 0 Å². The van der Waals surface area contributed by atoms with Crippen LogP contribution in [0.4, 0.5) is 0 Å². The van der Waals surface area contributed by atoms with Gasteiger partial charge in [0.25, 0.3) is 7.82 Å². The number of esters is 1. The molecule has 0 saturated heterocycles. The van der Waals surface area contributed by atoms with Crippen molar-refractivity contribution in [2.45, 2.75) is 219 Å². The molecule has 3 unspecified atom stereocenters. The van der Waals surface area contributed by atoms with Crippen LogP contribution in [0.25, 0.3) is 0 Å². The van der Waals surface area contributed by atoms with E-state index in [1.54, 1.807) is 6.08 Å². The Hall–Kier alpha value is -4.37. The summed E-state index contributed by atoms with van der Waals surface area (Å²) >= 11 is 0. The number of nitrogens with one attached hydrogen (secondary N) is 1. The summed E-state index contributed by atoms with van der Waals surface area (Å²) in [7, 11) is 1.09. The summed E-state index contributed by atoms with van der Waals surface area (Å²) in [6.45, 7) is 6.49. The number of phosphoric acid groups is 1. The van der Waals surface area contributed by atoms with Gasteiger partial charge in [-0.05, 0) is 122 Å². The van der Waals surface area contributed by atoms with Gasteiger partial charge in [0, 0.05) is 12.8 Å². The van der Waals surface area contributed by atoms with Gasteiger partial charge in [0.1, 0.15) is 19.3 Å². The smallest absolute Gasteiger partial charge is 0.306 e. The molecule has 0 spiro atoms. The zero-order chi connectivity index (χ0) is 57.2. The van der Waals surface area contributed by atoms with Crippen molar-refractivity contribution in [2.75, 3.05) is 40.9 Å². The average Bonchev–Trinajstić information content (AvgIpc) is 3.40. The molecule has 0 aliphatic rings. The molecular weight excluding hydrogens is 988 g/mol. The number of likely N-dealkylation sites (N-methyl/N-ethyl adjacent to an activating group) is 1. The van der Waals surface area contributed by atoms with Gasteiger partial charge >= 0.3 is 5.97 Å². The monoisotopic (exact) mass is 1100 g/mol. The van der Waals surface area contributed by atoms with E-state index < -0.39 is 32.5 Å². The summed E-state index contributed by atoms with van der Waals surface area (Å²) < 4.78 is 30.2. The van der Waals surface area contributed by atoms with Crippen LogP contribution in [0.2, 0.25) is 0 Å². The molecule has 0 heterocycles. The van der Waals surface area contributed by atoms with Gasteiger partial charge in [-0.1, -0.05) is 230 Å². The number of nitrogens with zero attached hydrogens (tertiary/aromatic N) is 1. The molecule has 0 aromatic carbocycles. The Balaban J connectivity index is 5.50. The molecule has 10 heteroatoms. The van der Waals surface area contributed by atoms with Gasteiger partial charge in [0.05, 0.1) is 33.8 Å². The summed E-state index contributed by atoms with van der Waals surface area (Å²) in [4.78, 5) is 39.9. The van der Waals surface area contributed by atoms with Crippen molar-refractivity contribution in [3.05, 3.63) is 158 Å². The molecule has 0 aromatic rings. The van der Waals surface area contributed by atoms with Gasteiger partial charge in [-0.3, -0.25) is 14.2 Å². The Kier molecular flexibility index (Phi) is 52.8. The van der Waals surface area contributed by atoms with Crippen LogP contribution in [-0.2, 0) is 27.9 Å². The highest BCUT2D eigenvalue weighted by atomic mass is 31.2. The minimum absolute atomic E-state index is 0.0526. The Morgan fingerprint density at radius 2 is 0.833 bits per heavy atom. The molecule has 0 aromatic heterocycles. The first-order chi connectivity index (χ1) is 37.9. The Morgan fingerprint density at radius 1 is 0.462 bits per heavy atom. The number of hydrogen-bond acceptors (Lipinski definition) is 7. The third kappa shape index (κ3) is 56.4. The minimum atomic E-state index is -4.74. The maximum Gasteiger partial charge on any atom is 0.306 e. The first kappa shape index (κ1) is 73.6. The van der Waals surface area contributed by atoms with Gasteiger partial charge in [0.2, 0.25) is 5.91 Å². The summed E-state index contributed by atoms with van der Waals surface area (Å²) in [5.74, 6) is -0.705.